The molecular weight excluding hydrogens is 264 g/mol. The largest absolute Gasteiger partial charge is 0.497 e. The van der Waals surface area contributed by atoms with Gasteiger partial charge in [-0.25, -0.2) is 0 Å². The van der Waals surface area contributed by atoms with Gasteiger partial charge in [0.15, 0.2) is 11.6 Å². The first-order valence-electron chi connectivity index (χ1n) is 6.65. The number of benzene rings is 2. The molecule has 4 heteroatoms. The van der Waals surface area contributed by atoms with Crippen LogP contribution in [-0.4, -0.2) is 12.3 Å². The van der Waals surface area contributed by atoms with Crippen molar-refractivity contribution in [1.29, 1.82) is 0 Å². The van der Waals surface area contributed by atoms with Crippen LogP contribution in [0.2, 0.25) is 0 Å². The predicted octanol–water partition coefficient (Wildman–Crippen LogP) is 3.91. The Labute approximate surface area is 123 Å². The van der Waals surface area contributed by atoms with Crippen molar-refractivity contribution < 1.29 is 9.26 Å². The van der Waals surface area contributed by atoms with E-state index in [4.69, 9.17) is 15.0 Å². The van der Waals surface area contributed by atoms with Gasteiger partial charge in [-0.2, -0.15) is 0 Å². The van der Waals surface area contributed by atoms with E-state index in [9.17, 15) is 0 Å². The van der Waals surface area contributed by atoms with Crippen molar-refractivity contribution in [2.75, 3.05) is 12.8 Å². The smallest absolute Gasteiger partial charge is 0.176 e. The summed E-state index contributed by atoms with van der Waals surface area (Å²) in [6.45, 7) is 2.05. The Morgan fingerprint density at radius 3 is 2.19 bits per heavy atom. The molecular formula is C17H16N2O2. The highest BCUT2D eigenvalue weighted by Crippen LogP contribution is 2.37. The fourth-order valence-electron chi connectivity index (χ4n) is 2.24. The van der Waals surface area contributed by atoms with Gasteiger partial charge < -0.3 is 15.0 Å². The fourth-order valence-corrected chi connectivity index (χ4v) is 2.24. The highest BCUT2D eigenvalue weighted by molar-refractivity contribution is 5.86. The lowest BCUT2D eigenvalue weighted by Crippen LogP contribution is -1.89. The standard InChI is InChI=1S/C17H16N2O2/c1-11-3-5-12(6-4-11)15-16(21-19-17(15)18)13-7-9-14(20-2)10-8-13/h3-10H,1-2H3,(H2,18,19). The van der Waals surface area contributed by atoms with Crippen LogP contribution in [0, 0.1) is 6.92 Å². The van der Waals surface area contributed by atoms with Gasteiger partial charge in [0, 0.05) is 5.56 Å². The van der Waals surface area contributed by atoms with E-state index in [2.05, 4.69) is 5.16 Å². The van der Waals surface area contributed by atoms with Crippen LogP contribution in [0.1, 0.15) is 5.56 Å². The second-order valence-corrected chi connectivity index (χ2v) is 4.87. The first-order valence-corrected chi connectivity index (χ1v) is 6.65. The highest BCUT2D eigenvalue weighted by Gasteiger charge is 2.17. The average Bonchev–Trinajstić information content (AvgIpc) is 2.90. The van der Waals surface area contributed by atoms with Crippen LogP contribution in [-0.2, 0) is 0 Å². The molecule has 0 aliphatic carbocycles. The molecule has 2 N–H and O–H groups in total. The summed E-state index contributed by atoms with van der Waals surface area (Å²) < 4.78 is 10.6. The van der Waals surface area contributed by atoms with Gasteiger partial charge in [-0.15, -0.1) is 0 Å². The third kappa shape index (κ3) is 2.48. The van der Waals surface area contributed by atoms with Crippen LogP contribution in [0.4, 0.5) is 5.82 Å². The van der Waals surface area contributed by atoms with Gasteiger partial charge in [0.05, 0.1) is 12.7 Å². The summed E-state index contributed by atoms with van der Waals surface area (Å²) in [6.07, 6.45) is 0. The topological polar surface area (TPSA) is 61.3 Å². The normalized spacial score (nSPS) is 10.6. The van der Waals surface area contributed by atoms with Crippen molar-refractivity contribution >= 4 is 5.82 Å². The van der Waals surface area contributed by atoms with E-state index in [1.54, 1.807) is 7.11 Å². The fraction of sp³-hybridized carbons (Fsp3) is 0.118. The molecule has 0 unspecified atom stereocenters. The summed E-state index contributed by atoms with van der Waals surface area (Å²) in [6, 6.07) is 15.7. The van der Waals surface area contributed by atoms with Gasteiger partial charge in [0.25, 0.3) is 0 Å². The van der Waals surface area contributed by atoms with Crippen molar-refractivity contribution in [2.45, 2.75) is 6.92 Å². The third-order valence-corrected chi connectivity index (χ3v) is 3.41. The lowest BCUT2D eigenvalue weighted by Gasteiger charge is -2.04. The molecule has 1 heterocycles. The van der Waals surface area contributed by atoms with Gasteiger partial charge in [-0.3, -0.25) is 0 Å². The van der Waals surface area contributed by atoms with Crippen LogP contribution in [0.15, 0.2) is 53.1 Å². The van der Waals surface area contributed by atoms with Crippen LogP contribution in [0.25, 0.3) is 22.5 Å². The van der Waals surface area contributed by atoms with Crippen molar-refractivity contribution in [3.8, 4) is 28.2 Å². The van der Waals surface area contributed by atoms with Gasteiger partial charge >= 0.3 is 0 Å². The molecule has 2 aromatic carbocycles. The van der Waals surface area contributed by atoms with Crippen molar-refractivity contribution in [3.63, 3.8) is 0 Å². The molecule has 0 aliphatic rings. The molecule has 0 spiro atoms. The second-order valence-electron chi connectivity index (χ2n) is 4.87. The third-order valence-electron chi connectivity index (χ3n) is 3.41. The van der Waals surface area contributed by atoms with Crippen molar-refractivity contribution in [3.05, 3.63) is 54.1 Å². The summed E-state index contributed by atoms with van der Waals surface area (Å²) >= 11 is 0. The number of hydrogen-bond donors (Lipinski definition) is 1. The molecule has 106 valence electrons. The molecule has 0 radical (unpaired) electrons. The van der Waals surface area contributed by atoms with Crippen LogP contribution < -0.4 is 10.5 Å². The molecule has 3 rings (SSSR count). The first kappa shape index (κ1) is 13.2. The number of hydrogen-bond acceptors (Lipinski definition) is 4. The minimum atomic E-state index is 0.393. The van der Waals surface area contributed by atoms with Gasteiger partial charge in [0.2, 0.25) is 0 Å². The van der Waals surface area contributed by atoms with Crippen molar-refractivity contribution in [1.82, 2.24) is 5.16 Å². The van der Waals surface area contributed by atoms with E-state index >= 15 is 0 Å². The minimum Gasteiger partial charge on any atom is -0.497 e. The predicted molar refractivity (Wildman–Crippen MR) is 83.1 cm³/mol. The second kappa shape index (κ2) is 5.32. The minimum absolute atomic E-state index is 0.393. The van der Waals surface area contributed by atoms with Gasteiger partial charge in [-0.1, -0.05) is 35.0 Å². The van der Waals surface area contributed by atoms with Gasteiger partial charge in [0.1, 0.15) is 5.75 Å². The van der Waals surface area contributed by atoms with E-state index in [1.165, 1.54) is 5.56 Å². The molecule has 3 aromatic rings. The Hall–Kier alpha value is -2.75. The van der Waals surface area contributed by atoms with E-state index in [1.807, 2.05) is 55.5 Å². The number of methoxy groups -OCH3 is 1. The number of anilines is 1. The zero-order chi connectivity index (χ0) is 14.8. The SMILES string of the molecule is COc1ccc(-c2onc(N)c2-c2ccc(C)cc2)cc1. The quantitative estimate of drug-likeness (QED) is 0.790. The van der Waals surface area contributed by atoms with E-state index in [0.717, 1.165) is 22.4 Å². The maximum atomic E-state index is 5.98. The summed E-state index contributed by atoms with van der Waals surface area (Å²) in [7, 11) is 1.64. The zero-order valence-corrected chi connectivity index (χ0v) is 12.0. The monoisotopic (exact) mass is 280 g/mol. The maximum absolute atomic E-state index is 5.98. The number of nitrogen functional groups attached to an aromatic ring is 1. The summed E-state index contributed by atoms with van der Waals surface area (Å²) in [4.78, 5) is 0. The first-order chi connectivity index (χ1) is 10.2. The zero-order valence-electron chi connectivity index (χ0n) is 12.0. The van der Waals surface area contributed by atoms with E-state index in [0.29, 0.717) is 11.6 Å². The summed E-state index contributed by atoms with van der Waals surface area (Å²) in [5.74, 6) is 1.85. The lowest BCUT2D eigenvalue weighted by molar-refractivity contribution is 0.414. The Morgan fingerprint density at radius 1 is 0.952 bits per heavy atom. The Kier molecular flexibility index (Phi) is 3.36. The molecule has 21 heavy (non-hydrogen) atoms. The Bertz CT molecular complexity index is 743. The number of aryl methyl sites for hydroxylation is 1. The van der Waals surface area contributed by atoms with Crippen LogP contribution in [0.5, 0.6) is 5.75 Å². The van der Waals surface area contributed by atoms with Crippen LogP contribution in [0.3, 0.4) is 0 Å². The number of rotatable bonds is 3. The lowest BCUT2D eigenvalue weighted by atomic mass is 10.0. The Balaban J connectivity index is 2.09. The molecule has 0 saturated heterocycles. The molecule has 0 amide bonds. The van der Waals surface area contributed by atoms with E-state index in [-0.39, 0.29) is 0 Å². The molecule has 0 saturated carbocycles. The van der Waals surface area contributed by atoms with Crippen molar-refractivity contribution in [2.24, 2.45) is 0 Å². The highest BCUT2D eigenvalue weighted by atomic mass is 16.5. The summed E-state index contributed by atoms with van der Waals surface area (Å²) in [5.41, 5.74) is 9.89. The summed E-state index contributed by atoms with van der Waals surface area (Å²) in [5, 5.41) is 3.91. The molecule has 0 fully saturated rings. The van der Waals surface area contributed by atoms with Gasteiger partial charge in [-0.05, 0) is 36.8 Å². The Morgan fingerprint density at radius 2 is 1.57 bits per heavy atom. The van der Waals surface area contributed by atoms with E-state index < -0.39 is 0 Å². The average molecular weight is 280 g/mol. The molecule has 0 bridgehead atoms. The molecule has 1 aromatic heterocycles. The number of nitrogens with two attached hydrogens (primary N) is 1. The molecule has 4 nitrogen and oxygen atoms in total. The maximum Gasteiger partial charge on any atom is 0.176 e. The number of nitrogens with zero attached hydrogens (tertiary/aromatic N) is 1. The van der Waals surface area contributed by atoms with Crippen LogP contribution >= 0.6 is 0 Å². The number of ether oxygens (including phenoxy) is 1. The molecule has 0 atom stereocenters. The number of aromatic nitrogens is 1. The molecule has 0 aliphatic heterocycles.